The molecular formula is C15H14ClN3S. The number of fused-ring (bicyclic) bond motifs is 1. The number of aromatic amines is 1. The Balaban J connectivity index is 1.90. The van der Waals surface area contributed by atoms with Crippen molar-refractivity contribution in [2.24, 2.45) is 5.73 Å². The van der Waals surface area contributed by atoms with Gasteiger partial charge in [-0.3, -0.25) is 0 Å². The van der Waals surface area contributed by atoms with Crippen LogP contribution in [0, 0.1) is 0 Å². The zero-order chi connectivity index (χ0) is 13.9. The predicted octanol–water partition coefficient (Wildman–Crippen LogP) is 4.01. The van der Waals surface area contributed by atoms with E-state index < -0.39 is 0 Å². The van der Waals surface area contributed by atoms with Gasteiger partial charge in [0.25, 0.3) is 0 Å². The molecule has 0 amide bonds. The number of hydrogen-bond acceptors (Lipinski definition) is 3. The van der Waals surface area contributed by atoms with Crippen LogP contribution in [0.15, 0.2) is 53.7 Å². The molecule has 1 atom stereocenters. The van der Waals surface area contributed by atoms with Crippen molar-refractivity contribution >= 4 is 34.4 Å². The lowest BCUT2D eigenvalue weighted by atomic mass is 10.1. The minimum Gasteiger partial charge on any atom is -0.333 e. The molecule has 3 N–H and O–H groups in total. The van der Waals surface area contributed by atoms with Gasteiger partial charge in [-0.2, -0.15) is 0 Å². The Bertz CT molecular complexity index is 693. The molecule has 3 nitrogen and oxygen atoms in total. The average molecular weight is 304 g/mol. The number of imidazole rings is 1. The van der Waals surface area contributed by atoms with E-state index in [0.29, 0.717) is 6.54 Å². The Hall–Kier alpha value is -1.49. The second-order valence-electron chi connectivity index (χ2n) is 4.42. The molecule has 0 radical (unpaired) electrons. The standard InChI is InChI=1S/C15H14ClN3S/c16-11-6-2-1-5-10(11)14(9-17)20-15-18-12-7-3-4-8-13(12)19-15/h1-8,14H,9,17H2,(H,18,19). The molecule has 1 unspecified atom stereocenters. The van der Waals surface area contributed by atoms with Gasteiger partial charge in [0.15, 0.2) is 5.16 Å². The van der Waals surface area contributed by atoms with Gasteiger partial charge >= 0.3 is 0 Å². The topological polar surface area (TPSA) is 54.7 Å². The molecule has 1 aromatic heterocycles. The van der Waals surface area contributed by atoms with Crippen LogP contribution in [0.2, 0.25) is 5.02 Å². The molecule has 0 fully saturated rings. The van der Waals surface area contributed by atoms with Gasteiger partial charge in [0, 0.05) is 11.6 Å². The third-order valence-electron chi connectivity index (χ3n) is 3.09. The third-order valence-corrected chi connectivity index (χ3v) is 4.58. The van der Waals surface area contributed by atoms with Crippen LogP contribution < -0.4 is 5.73 Å². The molecule has 2 aromatic carbocycles. The highest BCUT2D eigenvalue weighted by atomic mass is 35.5. The van der Waals surface area contributed by atoms with E-state index in [0.717, 1.165) is 26.8 Å². The fourth-order valence-corrected chi connectivity index (χ4v) is 3.45. The van der Waals surface area contributed by atoms with Gasteiger partial charge in [-0.1, -0.05) is 53.7 Å². The minimum absolute atomic E-state index is 0.0873. The van der Waals surface area contributed by atoms with Gasteiger partial charge in [-0.15, -0.1) is 0 Å². The molecule has 102 valence electrons. The Labute approximate surface area is 126 Å². The van der Waals surface area contributed by atoms with Crippen LogP contribution in [0.1, 0.15) is 10.8 Å². The molecule has 0 spiro atoms. The van der Waals surface area contributed by atoms with Crippen LogP contribution in [-0.2, 0) is 0 Å². The number of aromatic nitrogens is 2. The van der Waals surface area contributed by atoms with Crippen LogP contribution in [0.3, 0.4) is 0 Å². The van der Waals surface area contributed by atoms with E-state index in [1.807, 2.05) is 48.5 Å². The number of hydrogen-bond donors (Lipinski definition) is 2. The van der Waals surface area contributed by atoms with Crippen molar-refractivity contribution < 1.29 is 0 Å². The highest BCUT2D eigenvalue weighted by Crippen LogP contribution is 2.36. The summed E-state index contributed by atoms with van der Waals surface area (Å²) >= 11 is 7.85. The normalized spacial score (nSPS) is 12.7. The number of H-pyrrole nitrogens is 1. The van der Waals surface area contributed by atoms with Crippen molar-refractivity contribution in [3.63, 3.8) is 0 Å². The molecule has 1 heterocycles. The van der Waals surface area contributed by atoms with Crippen LogP contribution in [0.25, 0.3) is 11.0 Å². The maximum Gasteiger partial charge on any atom is 0.167 e. The van der Waals surface area contributed by atoms with Crippen molar-refractivity contribution in [2.45, 2.75) is 10.4 Å². The van der Waals surface area contributed by atoms with E-state index in [1.165, 1.54) is 0 Å². The number of rotatable bonds is 4. The van der Waals surface area contributed by atoms with Crippen LogP contribution >= 0.6 is 23.4 Å². The zero-order valence-electron chi connectivity index (χ0n) is 10.7. The smallest absolute Gasteiger partial charge is 0.167 e. The van der Waals surface area contributed by atoms with Crippen molar-refractivity contribution in [3.8, 4) is 0 Å². The zero-order valence-corrected chi connectivity index (χ0v) is 12.3. The average Bonchev–Trinajstić information content (AvgIpc) is 2.88. The SMILES string of the molecule is NCC(Sc1nc2ccccc2[nH]1)c1ccccc1Cl. The number of thioether (sulfide) groups is 1. The number of nitrogens with two attached hydrogens (primary N) is 1. The summed E-state index contributed by atoms with van der Waals surface area (Å²) in [6.07, 6.45) is 0. The Morgan fingerprint density at radius 3 is 2.65 bits per heavy atom. The molecule has 20 heavy (non-hydrogen) atoms. The van der Waals surface area contributed by atoms with Crippen LogP contribution in [0.4, 0.5) is 0 Å². The molecular weight excluding hydrogens is 290 g/mol. The van der Waals surface area contributed by atoms with Gasteiger partial charge in [0.1, 0.15) is 0 Å². The molecule has 0 bridgehead atoms. The van der Waals surface area contributed by atoms with Crippen LogP contribution in [-0.4, -0.2) is 16.5 Å². The molecule has 0 aliphatic rings. The number of nitrogens with zero attached hydrogens (tertiary/aromatic N) is 1. The van der Waals surface area contributed by atoms with Crippen molar-refractivity contribution in [1.82, 2.24) is 9.97 Å². The maximum absolute atomic E-state index is 6.24. The molecule has 0 aliphatic heterocycles. The molecule has 3 rings (SSSR count). The summed E-state index contributed by atoms with van der Waals surface area (Å²) in [5.41, 5.74) is 8.93. The summed E-state index contributed by atoms with van der Waals surface area (Å²) in [4.78, 5) is 7.87. The lowest BCUT2D eigenvalue weighted by Crippen LogP contribution is -2.10. The quantitative estimate of drug-likeness (QED) is 0.716. The highest BCUT2D eigenvalue weighted by molar-refractivity contribution is 7.99. The van der Waals surface area contributed by atoms with E-state index in [-0.39, 0.29) is 5.25 Å². The Morgan fingerprint density at radius 1 is 1.15 bits per heavy atom. The van der Waals surface area contributed by atoms with Crippen LogP contribution in [0.5, 0.6) is 0 Å². The maximum atomic E-state index is 6.24. The molecule has 3 aromatic rings. The predicted molar refractivity (Wildman–Crippen MR) is 85.2 cm³/mol. The second kappa shape index (κ2) is 5.87. The van der Waals surface area contributed by atoms with Crippen molar-refractivity contribution in [3.05, 3.63) is 59.1 Å². The summed E-state index contributed by atoms with van der Waals surface area (Å²) in [5.74, 6) is 0. The fourth-order valence-electron chi connectivity index (χ4n) is 2.09. The monoisotopic (exact) mass is 303 g/mol. The summed E-state index contributed by atoms with van der Waals surface area (Å²) in [7, 11) is 0. The largest absolute Gasteiger partial charge is 0.333 e. The Morgan fingerprint density at radius 2 is 1.90 bits per heavy atom. The summed E-state index contributed by atoms with van der Waals surface area (Å²) < 4.78 is 0. The third kappa shape index (κ3) is 2.68. The van der Waals surface area contributed by atoms with Gasteiger partial charge < -0.3 is 10.7 Å². The second-order valence-corrected chi connectivity index (χ2v) is 6.02. The summed E-state index contributed by atoms with van der Waals surface area (Å²) in [6.45, 7) is 0.505. The number of nitrogens with one attached hydrogen (secondary N) is 1. The fraction of sp³-hybridized carbons (Fsp3) is 0.133. The van der Waals surface area contributed by atoms with Crippen molar-refractivity contribution in [1.29, 1.82) is 0 Å². The van der Waals surface area contributed by atoms with E-state index in [9.17, 15) is 0 Å². The number of halogens is 1. The van der Waals surface area contributed by atoms with E-state index in [1.54, 1.807) is 11.8 Å². The lowest BCUT2D eigenvalue weighted by Gasteiger charge is -2.14. The molecule has 5 heteroatoms. The lowest BCUT2D eigenvalue weighted by molar-refractivity contribution is 0.929. The minimum atomic E-state index is 0.0873. The van der Waals surface area contributed by atoms with Gasteiger partial charge in [0.2, 0.25) is 0 Å². The van der Waals surface area contributed by atoms with Crippen molar-refractivity contribution in [2.75, 3.05) is 6.54 Å². The summed E-state index contributed by atoms with van der Waals surface area (Å²) in [6, 6.07) is 15.8. The first-order valence-electron chi connectivity index (χ1n) is 6.34. The first-order chi connectivity index (χ1) is 9.78. The molecule has 0 saturated heterocycles. The highest BCUT2D eigenvalue weighted by Gasteiger charge is 2.16. The van der Waals surface area contributed by atoms with Gasteiger partial charge in [-0.05, 0) is 23.8 Å². The van der Waals surface area contributed by atoms with E-state index in [4.69, 9.17) is 17.3 Å². The van der Waals surface area contributed by atoms with Gasteiger partial charge in [-0.25, -0.2) is 4.98 Å². The van der Waals surface area contributed by atoms with E-state index >= 15 is 0 Å². The number of para-hydroxylation sites is 2. The first-order valence-corrected chi connectivity index (χ1v) is 7.59. The molecule has 0 saturated carbocycles. The number of benzene rings is 2. The molecule has 0 aliphatic carbocycles. The Kier molecular flexibility index (Phi) is 3.96. The van der Waals surface area contributed by atoms with E-state index in [2.05, 4.69) is 9.97 Å². The summed E-state index contributed by atoms with van der Waals surface area (Å²) in [5, 5.41) is 1.69. The van der Waals surface area contributed by atoms with Gasteiger partial charge in [0.05, 0.1) is 16.3 Å². The first kappa shape index (κ1) is 13.5.